The van der Waals surface area contributed by atoms with Crippen LogP contribution in [-0.4, -0.2) is 4.98 Å². The lowest BCUT2D eigenvalue weighted by Gasteiger charge is -2.05. The van der Waals surface area contributed by atoms with Gasteiger partial charge in [-0.1, -0.05) is 30.3 Å². The van der Waals surface area contributed by atoms with Gasteiger partial charge in [0, 0.05) is 12.4 Å². The van der Waals surface area contributed by atoms with E-state index in [9.17, 15) is 5.26 Å². The summed E-state index contributed by atoms with van der Waals surface area (Å²) in [4.78, 5) is 3.92. The fraction of sp³-hybridized carbons (Fsp3) is 0. The van der Waals surface area contributed by atoms with Crippen LogP contribution in [-0.2, 0) is 0 Å². The van der Waals surface area contributed by atoms with Gasteiger partial charge in [0.2, 0.25) is 0 Å². The summed E-state index contributed by atoms with van der Waals surface area (Å²) in [7, 11) is 0. The molecule has 0 amide bonds. The van der Waals surface area contributed by atoms with Gasteiger partial charge >= 0.3 is 0 Å². The van der Waals surface area contributed by atoms with Gasteiger partial charge in [0.05, 0.1) is 11.3 Å². The number of hydrogen-bond donors (Lipinski definition) is 1. The standard InChI is InChI=1S/C14H11N3/c15-10-13(11-6-8-17-9-7-11)14(16)12-4-2-1-3-5-12/h1-9H,16H2/b14-13-. The van der Waals surface area contributed by atoms with Crippen LogP contribution in [0, 0.1) is 11.3 Å². The van der Waals surface area contributed by atoms with E-state index in [4.69, 9.17) is 5.73 Å². The Kier molecular flexibility index (Phi) is 3.18. The molecule has 0 aliphatic carbocycles. The largest absolute Gasteiger partial charge is 0.397 e. The van der Waals surface area contributed by atoms with Crippen LogP contribution in [0.1, 0.15) is 11.1 Å². The Hall–Kier alpha value is -2.60. The zero-order valence-corrected chi connectivity index (χ0v) is 9.17. The van der Waals surface area contributed by atoms with E-state index in [1.165, 1.54) is 0 Å². The Morgan fingerprint density at radius 1 is 1.00 bits per heavy atom. The van der Waals surface area contributed by atoms with Crippen LogP contribution < -0.4 is 5.73 Å². The van der Waals surface area contributed by atoms with E-state index in [2.05, 4.69) is 11.1 Å². The second kappa shape index (κ2) is 4.95. The Morgan fingerprint density at radius 2 is 1.65 bits per heavy atom. The van der Waals surface area contributed by atoms with Crippen molar-refractivity contribution in [1.82, 2.24) is 4.98 Å². The molecule has 1 heterocycles. The third-order valence-corrected chi connectivity index (χ3v) is 2.43. The number of nitrogens with zero attached hydrogens (tertiary/aromatic N) is 2. The molecule has 2 aromatic rings. The lowest BCUT2D eigenvalue weighted by Crippen LogP contribution is -2.00. The summed E-state index contributed by atoms with van der Waals surface area (Å²) in [5.41, 5.74) is 8.60. The van der Waals surface area contributed by atoms with Crippen LogP contribution in [0.2, 0.25) is 0 Å². The summed E-state index contributed by atoms with van der Waals surface area (Å²) in [6, 6.07) is 15.2. The second-order valence-corrected chi connectivity index (χ2v) is 3.50. The average Bonchev–Trinajstić information content (AvgIpc) is 2.42. The van der Waals surface area contributed by atoms with Crippen LogP contribution >= 0.6 is 0 Å². The minimum absolute atomic E-state index is 0.471. The van der Waals surface area contributed by atoms with Crippen molar-refractivity contribution in [3.05, 3.63) is 66.0 Å². The highest BCUT2D eigenvalue weighted by Gasteiger charge is 2.07. The summed E-state index contributed by atoms with van der Waals surface area (Å²) >= 11 is 0. The molecular formula is C14H11N3. The number of benzene rings is 1. The van der Waals surface area contributed by atoms with E-state index >= 15 is 0 Å². The predicted octanol–water partition coefficient (Wildman–Crippen LogP) is 2.43. The molecule has 82 valence electrons. The van der Waals surface area contributed by atoms with Crippen molar-refractivity contribution < 1.29 is 0 Å². The third kappa shape index (κ3) is 2.32. The summed E-state index contributed by atoms with van der Waals surface area (Å²) < 4.78 is 0. The highest BCUT2D eigenvalue weighted by Crippen LogP contribution is 2.21. The van der Waals surface area contributed by atoms with E-state index < -0.39 is 0 Å². The first-order valence-corrected chi connectivity index (χ1v) is 5.18. The van der Waals surface area contributed by atoms with Gasteiger partial charge in [0.25, 0.3) is 0 Å². The molecule has 0 fully saturated rings. The molecule has 2 N–H and O–H groups in total. The predicted molar refractivity (Wildman–Crippen MR) is 67.3 cm³/mol. The Morgan fingerprint density at radius 3 is 2.24 bits per heavy atom. The normalized spacial score (nSPS) is 11.5. The number of aromatic nitrogens is 1. The molecule has 0 spiro atoms. The Bertz CT molecular complexity index is 565. The number of hydrogen-bond acceptors (Lipinski definition) is 3. The molecule has 0 saturated carbocycles. The van der Waals surface area contributed by atoms with Crippen molar-refractivity contribution >= 4 is 11.3 Å². The minimum atomic E-state index is 0.471. The Labute approximate surface area is 99.8 Å². The number of allylic oxidation sites excluding steroid dienone is 1. The quantitative estimate of drug-likeness (QED) is 0.792. The maximum absolute atomic E-state index is 9.20. The van der Waals surface area contributed by atoms with E-state index in [1.54, 1.807) is 24.5 Å². The van der Waals surface area contributed by atoms with Crippen LogP contribution in [0.3, 0.4) is 0 Å². The van der Waals surface area contributed by atoms with Crippen molar-refractivity contribution in [2.45, 2.75) is 0 Å². The molecule has 17 heavy (non-hydrogen) atoms. The molecular weight excluding hydrogens is 210 g/mol. The fourth-order valence-electron chi connectivity index (χ4n) is 1.56. The average molecular weight is 221 g/mol. The lowest BCUT2D eigenvalue weighted by molar-refractivity contribution is 1.32. The SMILES string of the molecule is N#C/C(=C(/N)c1ccccc1)c1ccncc1. The maximum atomic E-state index is 9.20. The molecule has 0 atom stereocenters. The number of nitrogens with two attached hydrogens (primary N) is 1. The van der Waals surface area contributed by atoms with Gasteiger partial charge in [-0.25, -0.2) is 0 Å². The molecule has 0 bridgehead atoms. The summed E-state index contributed by atoms with van der Waals surface area (Å²) in [5, 5.41) is 9.20. The number of rotatable bonds is 2. The lowest BCUT2D eigenvalue weighted by atomic mass is 10.0. The van der Waals surface area contributed by atoms with Crippen LogP contribution in [0.4, 0.5) is 0 Å². The van der Waals surface area contributed by atoms with Crippen LogP contribution in [0.25, 0.3) is 11.3 Å². The molecule has 3 heteroatoms. The van der Waals surface area contributed by atoms with Gasteiger partial charge in [-0.05, 0) is 23.3 Å². The van der Waals surface area contributed by atoms with Crippen molar-refractivity contribution in [2.24, 2.45) is 5.73 Å². The summed E-state index contributed by atoms with van der Waals surface area (Å²) in [5.74, 6) is 0. The second-order valence-electron chi connectivity index (χ2n) is 3.50. The van der Waals surface area contributed by atoms with Gasteiger partial charge in [-0.2, -0.15) is 5.26 Å². The topological polar surface area (TPSA) is 62.7 Å². The van der Waals surface area contributed by atoms with Crippen molar-refractivity contribution in [3.8, 4) is 6.07 Å². The van der Waals surface area contributed by atoms with Gasteiger partial charge in [-0.3, -0.25) is 4.98 Å². The van der Waals surface area contributed by atoms with E-state index in [-0.39, 0.29) is 0 Å². The molecule has 0 radical (unpaired) electrons. The van der Waals surface area contributed by atoms with E-state index in [1.807, 2.05) is 30.3 Å². The zero-order valence-electron chi connectivity index (χ0n) is 9.17. The highest BCUT2D eigenvalue weighted by atomic mass is 14.6. The highest BCUT2D eigenvalue weighted by molar-refractivity contribution is 5.95. The van der Waals surface area contributed by atoms with Gasteiger partial charge in [0.1, 0.15) is 6.07 Å². The monoisotopic (exact) mass is 221 g/mol. The molecule has 0 unspecified atom stereocenters. The van der Waals surface area contributed by atoms with Gasteiger partial charge in [0.15, 0.2) is 0 Å². The fourth-order valence-corrected chi connectivity index (χ4v) is 1.56. The molecule has 3 nitrogen and oxygen atoms in total. The molecule has 0 aliphatic rings. The summed E-state index contributed by atoms with van der Waals surface area (Å²) in [6.45, 7) is 0. The molecule has 1 aromatic carbocycles. The molecule has 0 aliphatic heterocycles. The van der Waals surface area contributed by atoms with E-state index in [0.29, 0.717) is 11.3 Å². The van der Waals surface area contributed by atoms with Crippen LogP contribution in [0.15, 0.2) is 54.9 Å². The summed E-state index contributed by atoms with van der Waals surface area (Å²) in [6.07, 6.45) is 3.29. The van der Waals surface area contributed by atoms with E-state index in [0.717, 1.165) is 11.1 Å². The number of pyridine rings is 1. The zero-order chi connectivity index (χ0) is 12.1. The minimum Gasteiger partial charge on any atom is -0.397 e. The van der Waals surface area contributed by atoms with Crippen LogP contribution in [0.5, 0.6) is 0 Å². The molecule has 0 saturated heterocycles. The third-order valence-electron chi connectivity index (χ3n) is 2.43. The van der Waals surface area contributed by atoms with Crippen molar-refractivity contribution in [1.29, 1.82) is 5.26 Å². The molecule has 2 rings (SSSR count). The maximum Gasteiger partial charge on any atom is 0.102 e. The first-order chi connectivity index (χ1) is 8.33. The number of nitriles is 1. The molecule has 1 aromatic heterocycles. The smallest absolute Gasteiger partial charge is 0.102 e. The first kappa shape index (κ1) is 10.9. The first-order valence-electron chi connectivity index (χ1n) is 5.18. The Balaban J connectivity index is 2.53. The van der Waals surface area contributed by atoms with Crippen molar-refractivity contribution in [2.75, 3.05) is 0 Å². The van der Waals surface area contributed by atoms with Gasteiger partial charge in [-0.15, -0.1) is 0 Å². The van der Waals surface area contributed by atoms with Crippen molar-refractivity contribution in [3.63, 3.8) is 0 Å². The van der Waals surface area contributed by atoms with Gasteiger partial charge < -0.3 is 5.73 Å².